The molecule has 0 bridgehead atoms. The van der Waals surface area contributed by atoms with Crippen molar-refractivity contribution < 1.29 is 4.39 Å². The van der Waals surface area contributed by atoms with Crippen LogP contribution in [0.3, 0.4) is 0 Å². The standard InChI is InChI=1S/C13H15FN2S/c1-8-4-5-11(14)10(6-8)12(15-3)13-16-9(2)7-17-13/h4-7,12,15H,1-3H3. The molecule has 2 rings (SSSR count). The van der Waals surface area contributed by atoms with E-state index >= 15 is 0 Å². The van der Waals surface area contributed by atoms with Gasteiger partial charge in [-0.05, 0) is 27.0 Å². The van der Waals surface area contributed by atoms with Gasteiger partial charge in [0.25, 0.3) is 0 Å². The number of thiazole rings is 1. The number of benzene rings is 1. The van der Waals surface area contributed by atoms with Gasteiger partial charge in [-0.15, -0.1) is 11.3 Å². The first-order chi connectivity index (χ1) is 8.11. The first-order valence-electron chi connectivity index (χ1n) is 5.47. The van der Waals surface area contributed by atoms with Gasteiger partial charge in [0, 0.05) is 16.6 Å². The molecule has 17 heavy (non-hydrogen) atoms. The first-order valence-corrected chi connectivity index (χ1v) is 6.35. The minimum Gasteiger partial charge on any atom is -0.307 e. The molecule has 2 nitrogen and oxygen atoms in total. The predicted octanol–water partition coefficient (Wildman–Crippen LogP) is 3.21. The SMILES string of the molecule is CNC(c1nc(C)cs1)c1cc(C)ccc1F. The number of rotatable bonds is 3. The smallest absolute Gasteiger partial charge is 0.128 e. The molecule has 1 unspecified atom stereocenters. The van der Waals surface area contributed by atoms with Gasteiger partial charge < -0.3 is 5.32 Å². The third-order valence-corrected chi connectivity index (χ3v) is 3.66. The number of nitrogens with zero attached hydrogens (tertiary/aromatic N) is 1. The van der Waals surface area contributed by atoms with Crippen LogP contribution in [0.25, 0.3) is 0 Å². The number of hydrogen-bond donors (Lipinski definition) is 1. The topological polar surface area (TPSA) is 24.9 Å². The van der Waals surface area contributed by atoms with E-state index in [0.29, 0.717) is 5.56 Å². The van der Waals surface area contributed by atoms with E-state index in [2.05, 4.69) is 10.3 Å². The van der Waals surface area contributed by atoms with E-state index in [-0.39, 0.29) is 11.9 Å². The second-order valence-corrected chi connectivity index (χ2v) is 4.96. The van der Waals surface area contributed by atoms with Gasteiger partial charge in [-0.1, -0.05) is 17.7 Å². The predicted molar refractivity (Wildman–Crippen MR) is 68.9 cm³/mol. The maximum atomic E-state index is 13.8. The quantitative estimate of drug-likeness (QED) is 0.904. The normalized spacial score (nSPS) is 12.7. The zero-order valence-electron chi connectivity index (χ0n) is 10.1. The molecule has 2 aromatic rings. The van der Waals surface area contributed by atoms with Gasteiger partial charge in [0.15, 0.2) is 0 Å². The van der Waals surface area contributed by atoms with Crippen LogP contribution >= 0.6 is 11.3 Å². The second-order valence-electron chi connectivity index (χ2n) is 4.07. The molecule has 1 aromatic heterocycles. The van der Waals surface area contributed by atoms with Gasteiger partial charge >= 0.3 is 0 Å². The van der Waals surface area contributed by atoms with Crippen molar-refractivity contribution in [2.75, 3.05) is 7.05 Å². The lowest BCUT2D eigenvalue weighted by Crippen LogP contribution is -2.19. The molecule has 0 aliphatic rings. The fourth-order valence-electron chi connectivity index (χ4n) is 1.80. The van der Waals surface area contributed by atoms with Crippen LogP contribution in [0.2, 0.25) is 0 Å². The Kier molecular flexibility index (Phi) is 3.54. The molecule has 0 aliphatic carbocycles. The Morgan fingerprint density at radius 2 is 2.12 bits per heavy atom. The summed E-state index contributed by atoms with van der Waals surface area (Å²) in [5.41, 5.74) is 2.68. The first kappa shape index (κ1) is 12.2. The van der Waals surface area contributed by atoms with Gasteiger partial charge in [0.2, 0.25) is 0 Å². The van der Waals surface area contributed by atoms with Gasteiger partial charge in [-0.3, -0.25) is 0 Å². The molecule has 90 valence electrons. The summed E-state index contributed by atoms with van der Waals surface area (Å²) in [4.78, 5) is 4.42. The molecule has 0 spiro atoms. The number of hydrogen-bond acceptors (Lipinski definition) is 3. The fraction of sp³-hybridized carbons (Fsp3) is 0.308. The lowest BCUT2D eigenvalue weighted by atomic mass is 10.0. The Labute approximate surface area is 105 Å². The largest absolute Gasteiger partial charge is 0.307 e. The summed E-state index contributed by atoms with van der Waals surface area (Å²) in [7, 11) is 1.82. The molecule has 0 saturated heterocycles. The molecular weight excluding hydrogens is 235 g/mol. The molecule has 0 saturated carbocycles. The Morgan fingerprint density at radius 3 is 2.71 bits per heavy atom. The molecule has 4 heteroatoms. The highest BCUT2D eigenvalue weighted by Crippen LogP contribution is 2.27. The molecule has 0 amide bonds. The van der Waals surface area contributed by atoms with Crippen LogP contribution in [0.1, 0.15) is 27.9 Å². The van der Waals surface area contributed by atoms with Crippen molar-refractivity contribution in [1.82, 2.24) is 10.3 Å². The van der Waals surface area contributed by atoms with Crippen LogP contribution < -0.4 is 5.32 Å². The lowest BCUT2D eigenvalue weighted by molar-refractivity contribution is 0.574. The molecule has 1 aromatic carbocycles. The molecule has 0 radical (unpaired) electrons. The van der Waals surface area contributed by atoms with E-state index in [1.54, 1.807) is 17.4 Å². The molecule has 1 heterocycles. The van der Waals surface area contributed by atoms with Gasteiger partial charge in [0.05, 0.1) is 6.04 Å². The van der Waals surface area contributed by atoms with Crippen molar-refractivity contribution in [1.29, 1.82) is 0 Å². The van der Waals surface area contributed by atoms with Crippen LogP contribution in [0, 0.1) is 19.7 Å². The Bertz CT molecular complexity index is 522. The van der Waals surface area contributed by atoms with Crippen molar-refractivity contribution in [2.45, 2.75) is 19.9 Å². The van der Waals surface area contributed by atoms with Crippen LogP contribution in [-0.2, 0) is 0 Å². The van der Waals surface area contributed by atoms with Gasteiger partial charge in [-0.2, -0.15) is 0 Å². The Hall–Kier alpha value is -1.26. The maximum Gasteiger partial charge on any atom is 0.128 e. The van der Waals surface area contributed by atoms with Crippen LogP contribution in [0.15, 0.2) is 23.6 Å². The molecule has 0 fully saturated rings. The summed E-state index contributed by atoms with van der Waals surface area (Å²) in [5, 5.41) is 6.00. The van der Waals surface area contributed by atoms with E-state index in [1.165, 1.54) is 6.07 Å². The van der Waals surface area contributed by atoms with Crippen molar-refractivity contribution in [2.24, 2.45) is 0 Å². The lowest BCUT2D eigenvalue weighted by Gasteiger charge is -2.15. The van der Waals surface area contributed by atoms with Gasteiger partial charge in [-0.25, -0.2) is 9.37 Å². The van der Waals surface area contributed by atoms with Crippen LogP contribution in [-0.4, -0.2) is 12.0 Å². The maximum absolute atomic E-state index is 13.8. The summed E-state index contributed by atoms with van der Waals surface area (Å²) in [6.07, 6.45) is 0. The number of aryl methyl sites for hydroxylation is 2. The fourth-order valence-corrected chi connectivity index (χ4v) is 2.72. The summed E-state index contributed by atoms with van der Waals surface area (Å²) >= 11 is 1.55. The van der Waals surface area contributed by atoms with Crippen LogP contribution in [0.5, 0.6) is 0 Å². The highest BCUT2D eigenvalue weighted by molar-refractivity contribution is 7.09. The third kappa shape index (κ3) is 2.53. The highest BCUT2D eigenvalue weighted by Gasteiger charge is 2.19. The number of aromatic nitrogens is 1. The zero-order valence-corrected chi connectivity index (χ0v) is 10.9. The molecule has 1 atom stereocenters. The van der Waals surface area contributed by atoms with E-state index in [4.69, 9.17) is 0 Å². The molecule has 1 N–H and O–H groups in total. The van der Waals surface area contributed by atoms with Crippen molar-refractivity contribution in [3.8, 4) is 0 Å². The van der Waals surface area contributed by atoms with Crippen molar-refractivity contribution in [3.63, 3.8) is 0 Å². The Morgan fingerprint density at radius 1 is 1.35 bits per heavy atom. The summed E-state index contributed by atoms with van der Waals surface area (Å²) < 4.78 is 13.8. The summed E-state index contributed by atoms with van der Waals surface area (Å²) in [6, 6.07) is 4.98. The van der Waals surface area contributed by atoms with Crippen molar-refractivity contribution in [3.05, 3.63) is 51.2 Å². The highest BCUT2D eigenvalue weighted by atomic mass is 32.1. The van der Waals surface area contributed by atoms with E-state index in [1.807, 2.05) is 32.3 Å². The number of halogens is 1. The monoisotopic (exact) mass is 250 g/mol. The van der Waals surface area contributed by atoms with Crippen LogP contribution in [0.4, 0.5) is 4.39 Å². The van der Waals surface area contributed by atoms with Gasteiger partial charge in [0.1, 0.15) is 10.8 Å². The number of nitrogens with one attached hydrogen (secondary N) is 1. The second kappa shape index (κ2) is 4.94. The average molecular weight is 250 g/mol. The minimum absolute atomic E-state index is 0.173. The van der Waals surface area contributed by atoms with Crippen molar-refractivity contribution >= 4 is 11.3 Å². The van der Waals surface area contributed by atoms with E-state index in [9.17, 15) is 4.39 Å². The molecular formula is C13H15FN2S. The average Bonchev–Trinajstić information content (AvgIpc) is 2.71. The summed E-state index contributed by atoms with van der Waals surface area (Å²) in [5.74, 6) is -0.192. The zero-order chi connectivity index (χ0) is 12.4. The van der Waals surface area contributed by atoms with E-state index in [0.717, 1.165) is 16.3 Å². The minimum atomic E-state index is -0.192. The third-order valence-electron chi connectivity index (χ3n) is 2.63. The summed E-state index contributed by atoms with van der Waals surface area (Å²) in [6.45, 7) is 3.90. The Balaban J connectivity index is 2.45. The van der Waals surface area contributed by atoms with E-state index < -0.39 is 0 Å². The molecule has 0 aliphatic heterocycles.